The van der Waals surface area contributed by atoms with E-state index in [1.165, 1.54) is 0 Å². The maximum Gasteiger partial charge on any atom is 0.133 e. The third-order valence-electron chi connectivity index (χ3n) is 2.93. The van der Waals surface area contributed by atoms with Gasteiger partial charge in [0.05, 0.1) is 6.61 Å². The van der Waals surface area contributed by atoms with E-state index in [2.05, 4.69) is 28.2 Å². The summed E-state index contributed by atoms with van der Waals surface area (Å²) in [6.45, 7) is 3.81. The van der Waals surface area contributed by atoms with Crippen LogP contribution in [-0.2, 0) is 13.2 Å². The third kappa shape index (κ3) is 4.07. The first kappa shape index (κ1) is 15.0. The normalized spacial score (nSPS) is 10.6. The van der Waals surface area contributed by atoms with Gasteiger partial charge in [-0.1, -0.05) is 41.1 Å². The van der Waals surface area contributed by atoms with E-state index in [0.717, 1.165) is 40.2 Å². The second kappa shape index (κ2) is 7.43. The van der Waals surface area contributed by atoms with Crippen molar-refractivity contribution >= 4 is 15.9 Å². The third-order valence-corrected chi connectivity index (χ3v) is 3.42. The molecule has 106 valence electrons. The number of nitrogens with one attached hydrogen (secondary N) is 1. The van der Waals surface area contributed by atoms with E-state index in [-0.39, 0.29) is 6.61 Å². The van der Waals surface area contributed by atoms with Crippen molar-refractivity contribution in [3.05, 3.63) is 58.1 Å². The van der Waals surface area contributed by atoms with Crippen LogP contribution < -0.4 is 10.1 Å². The van der Waals surface area contributed by atoms with Crippen molar-refractivity contribution < 1.29 is 9.84 Å². The predicted molar refractivity (Wildman–Crippen MR) is 84.0 cm³/mol. The summed E-state index contributed by atoms with van der Waals surface area (Å²) < 4.78 is 6.92. The molecule has 0 aromatic heterocycles. The molecule has 0 fully saturated rings. The first-order valence-electron chi connectivity index (χ1n) is 6.59. The Morgan fingerprint density at radius 2 is 1.90 bits per heavy atom. The van der Waals surface area contributed by atoms with Gasteiger partial charge < -0.3 is 15.2 Å². The van der Waals surface area contributed by atoms with Crippen molar-refractivity contribution in [2.75, 3.05) is 6.54 Å². The number of aliphatic hydroxyl groups excluding tert-OH is 1. The molecule has 0 bridgehead atoms. The highest BCUT2D eigenvalue weighted by Gasteiger charge is 2.06. The number of hydrogen-bond donors (Lipinski definition) is 2. The zero-order valence-corrected chi connectivity index (χ0v) is 13.0. The van der Waals surface area contributed by atoms with Crippen molar-refractivity contribution in [3.63, 3.8) is 0 Å². The first-order chi connectivity index (χ1) is 9.72. The van der Waals surface area contributed by atoms with Crippen LogP contribution in [0.25, 0.3) is 0 Å². The lowest BCUT2D eigenvalue weighted by molar-refractivity contribution is 0.281. The minimum Gasteiger partial charge on any atom is -0.457 e. The van der Waals surface area contributed by atoms with E-state index in [0.29, 0.717) is 0 Å². The van der Waals surface area contributed by atoms with Gasteiger partial charge in [0, 0.05) is 16.6 Å². The maximum absolute atomic E-state index is 9.04. The number of ether oxygens (including phenoxy) is 1. The zero-order chi connectivity index (χ0) is 14.4. The Labute approximate surface area is 127 Å². The molecule has 0 unspecified atom stereocenters. The van der Waals surface area contributed by atoms with Crippen LogP contribution in [0.15, 0.2) is 46.9 Å². The molecule has 0 saturated carbocycles. The Hall–Kier alpha value is -1.36. The number of benzene rings is 2. The topological polar surface area (TPSA) is 41.5 Å². The molecule has 0 saturated heterocycles. The minimum absolute atomic E-state index is 0.0445. The van der Waals surface area contributed by atoms with Gasteiger partial charge in [0.15, 0.2) is 0 Å². The van der Waals surface area contributed by atoms with Crippen LogP contribution >= 0.6 is 15.9 Å². The zero-order valence-electron chi connectivity index (χ0n) is 11.4. The molecule has 2 rings (SSSR count). The van der Waals surface area contributed by atoms with Gasteiger partial charge in [0.2, 0.25) is 0 Å². The molecule has 0 aliphatic carbocycles. The summed E-state index contributed by atoms with van der Waals surface area (Å²) in [5.41, 5.74) is 1.99. The summed E-state index contributed by atoms with van der Waals surface area (Å²) in [5, 5.41) is 12.3. The standard InChI is InChI=1S/C16H18BrNO2/c1-2-18-10-13-5-6-14(17)9-16(13)20-15-7-3-12(11-19)4-8-15/h3-9,18-19H,2,10-11H2,1H3. The van der Waals surface area contributed by atoms with E-state index in [1.807, 2.05) is 42.5 Å². The summed E-state index contributed by atoms with van der Waals surface area (Å²) in [5.74, 6) is 1.59. The Morgan fingerprint density at radius 3 is 2.55 bits per heavy atom. The van der Waals surface area contributed by atoms with Crippen LogP contribution in [0.4, 0.5) is 0 Å². The Bertz CT molecular complexity index is 555. The molecule has 4 heteroatoms. The lowest BCUT2D eigenvalue weighted by Gasteiger charge is -2.12. The highest BCUT2D eigenvalue weighted by molar-refractivity contribution is 9.10. The molecule has 20 heavy (non-hydrogen) atoms. The van der Waals surface area contributed by atoms with E-state index in [4.69, 9.17) is 9.84 Å². The highest BCUT2D eigenvalue weighted by Crippen LogP contribution is 2.28. The Kier molecular flexibility index (Phi) is 5.59. The summed E-state index contributed by atoms with van der Waals surface area (Å²) in [6, 6.07) is 13.5. The largest absolute Gasteiger partial charge is 0.457 e. The van der Waals surface area contributed by atoms with Crippen LogP contribution in [0.5, 0.6) is 11.5 Å². The predicted octanol–water partition coefficient (Wildman–Crippen LogP) is 3.84. The van der Waals surface area contributed by atoms with Gasteiger partial charge in [-0.3, -0.25) is 0 Å². The van der Waals surface area contributed by atoms with Crippen LogP contribution in [0.2, 0.25) is 0 Å². The lowest BCUT2D eigenvalue weighted by Crippen LogP contribution is -2.12. The highest BCUT2D eigenvalue weighted by atomic mass is 79.9. The van der Waals surface area contributed by atoms with Gasteiger partial charge in [0.25, 0.3) is 0 Å². The molecule has 0 atom stereocenters. The molecule has 0 aliphatic rings. The molecular formula is C16H18BrNO2. The van der Waals surface area contributed by atoms with Gasteiger partial charge in [-0.05, 0) is 36.4 Å². The maximum atomic E-state index is 9.04. The molecule has 2 aromatic carbocycles. The van der Waals surface area contributed by atoms with Crippen LogP contribution in [0.3, 0.4) is 0 Å². The van der Waals surface area contributed by atoms with Gasteiger partial charge in [-0.2, -0.15) is 0 Å². The van der Waals surface area contributed by atoms with Crippen molar-refractivity contribution in [3.8, 4) is 11.5 Å². The second-order valence-electron chi connectivity index (χ2n) is 4.44. The van der Waals surface area contributed by atoms with E-state index >= 15 is 0 Å². The summed E-state index contributed by atoms with van der Waals surface area (Å²) >= 11 is 3.47. The van der Waals surface area contributed by atoms with Gasteiger partial charge in [-0.25, -0.2) is 0 Å². The fourth-order valence-electron chi connectivity index (χ4n) is 1.82. The lowest BCUT2D eigenvalue weighted by atomic mass is 10.2. The number of hydrogen-bond acceptors (Lipinski definition) is 3. The van der Waals surface area contributed by atoms with E-state index in [9.17, 15) is 0 Å². The quantitative estimate of drug-likeness (QED) is 0.842. The van der Waals surface area contributed by atoms with Crippen LogP contribution in [-0.4, -0.2) is 11.7 Å². The van der Waals surface area contributed by atoms with Crippen molar-refractivity contribution in [1.29, 1.82) is 0 Å². The molecule has 0 aliphatic heterocycles. The smallest absolute Gasteiger partial charge is 0.133 e. The van der Waals surface area contributed by atoms with Gasteiger partial charge >= 0.3 is 0 Å². The summed E-state index contributed by atoms with van der Waals surface area (Å²) in [7, 11) is 0. The van der Waals surface area contributed by atoms with Crippen LogP contribution in [0, 0.1) is 0 Å². The number of rotatable bonds is 6. The Morgan fingerprint density at radius 1 is 1.15 bits per heavy atom. The monoisotopic (exact) mass is 335 g/mol. The van der Waals surface area contributed by atoms with E-state index < -0.39 is 0 Å². The molecule has 0 amide bonds. The first-order valence-corrected chi connectivity index (χ1v) is 7.39. The van der Waals surface area contributed by atoms with Crippen molar-refractivity contribution in [2.24, 2.45) is 0 Å². The molecule has 3 nitrogen and oxygen atoms in total. The van der Waals surface area contributed by atoms with Crippen LogP contribution in [0.1, 0.15) is 18.1 Å². The van der Waals surface area contributed by atoms with Crippen molar-refractivity contribution in [1.82, 2.24) is 5.32 Å². The van der Waals surface area contributed by atoms with Gasteiger partial charge in [0.1, 0.15) is 11.5 Å². The fourth-order valence-corrected chi connectivity index (χ4v) is 2.16. The summed E-state index contributed by atoms with van der Waals surface area (Å²) in [6.07, 6.45) is 0. The SMILES string of the molecule is CCNCc1ccc(Br)cc1Oc1ccc(CO)cc1. The summed E-state index contributed by atoms with van der Waals surface area (Å²) in [4.78, 5) is 0. The van der Waals surface area contributed by atoms with Crippen molar-refractivity contribution in [2.45, 2.75) is 20.1 Å². The fraction of sp³-hybridized carbons (Fsp3) is 0.250. The molecule has 2 N–H and O–H groups in total. The molecule has 0 radical (unpaired) electrons. The molecular weight excluding hydrogens is 318 g/mol. The second-order valence-corrected chi connectivity index (χ2v) is 5.35. The number of aliphatic hydroxyl groups is 1. The number of halogens is 1. The minimum atomic E-state index is 0.0445. The molecule has 2 aromatic rings. The Balaban J connectivity index is 2.19. The average Bonchev–Trinajstić information content (AvgIpc) is 2.47. The molecule has 0 heterocycles. The van der Waals surface area contributed by atoms with Gasteiger partial charge in [-0.15, -0.1) is 0 Å². The average molecular weight is 336 g/mol. The molecule has 0 spiro atoms. The van der Waals surface area contributed by atoms with E-state index in [1.54, 1.807) is 0 Å².